The second-order valence-electron chi connectivity index (χ2n) is 8.01. The lowest BCUT2D eigenvalue weighted by atomic mass is 9.89. The number of amides is 2. The molecule has 1 radical (unpaired) electrons. The number of hydrogen-bond acceptors (Lipinski definition) is 8. The third kappa shape index (κ3) is 3.64. The Labute approximate surface area is 195 Å². The number of nitrogens with two attached hydrogens (primary N) is 1. The van der Waals surface area contributed by atoms with E-state index in [1.807, 2.05) is 0 Å². The number of sulfonamides is 1. The van der Waals surface area contributed by atoms with Crippen LogP contribution < -0.4 is 5.73 Å². The van der Waals surface area contributed by atoms with Gasteiger partial charge in [0.15, 0.2) is 11.3 Å². The Morgan fingerprint density at radius 2 is 2.00 bits per heavy atom. The van der Waals surface area contributed by atoms with Gasteiger partial charge in [-0.25, -0.2) is 8.42 Å². The van der Waals surface area contributed by atoms with Crippen LogP contribution in [0.3, 0.4) is 0 Å². The van der Waals surface area contributed by atoms with Crippen molar-refractivity contribution in [3.8, 4) is 5.75 Å². The lowest BCUT2D eigenvalue weighted by Gasteiger charge is -2.34. The van der Waals surface area contributed by atoms with Crippen LogP contribution >= 0.6 is 0 Å². The van der Waals surface area contributed by atoms with Crippen LogP contribution in [0.2, 0.25) is 0 Å². The maximum Gasteiger partial charge on any atom is 0.293 e. The number of primary amides is 1. The van der Waals surface area contributed by atoms with Gasteiger partial charge in [-0.15, -0.1) is 0 Å². The highest BCUT2D eigenvalue weighted by atomic mass is 32.2. The average molecular weight is 485 g/mol. The summed E-state index contributed by atoms with van der Waals surface area (Å²) in [7, 11) is -4.71. The first-order valence-electron chi connectivity index (χ1n) is 10.3. The Morgan fingerprint density at radius 1 is 1.24 bits per heavy atom. The number of phenolic OH excluding ortho intramolecular Hbond substituents is 1. The van der Waals surface area contributed by atoms with E-state index in [0.29, 0.717) is 9.87 Å². The van der Waals surface area contributed by atoms with Crippen molar-refractivity contribution < 1.29 is 32.7 Å². The summed E-state index contributed by atoms with van der Waals surface area (Å²) in [5.74, 6) is -2.70. The van der Waals surface area contributed by atoms with Crippen molar-refractivity contribution >= 4 is 32.7 Å². The Balaban J connectivity index is 1.62. The highest BCUT2D eigenvalue weighted by Crippen LogP contribution is 2.41. The number of benzene rings is 1. The summed E-state index contributed by atoms with van der Waals surface area (Å²) in [5.41, 5.74) is 3.80. The van der Waals surface area contributed by atoms with Crippen LogP contribution in [0, 0.1) is 6.42 Å². The van der Waals surface area contributed by atoms with Gasteiger partial charge in [0.05, 0.1) is 24.6 Å². The van der Waals surface area contributed by atoms with E-state index in [0.717, 1.165) is 11.1 Å². The van der Waals surface area contributed by atoms with Crippen molar-refractivity contribution in [2.24, 2.45) is 5.73 Å². The molecule has 4 rings (SSSR count). The zero-order valence-corrected chi connectivity index (χ0v) is 18.6. The van der Waals surface area contributed by atoms with Gasteiger partial charge in [-0.2, -0.15) is 4.31 Å². The van der Waals surface area contributed by atoms with E-state index in [2.05, 4.69) is 4.98 Å². The summed E-state index contributed by atoms with van der Waals surface area (Å²) in [6.45, 7) is -0.875. The topological polar surface area (TPSA) is 168 Å². The van der Waals surface area contributed by atoms with Crippen molar-refractivity contribution in [1.29, 1.82) is 0 Å². The van der Waals surface area contributed by atoms with Gasteiger partial charge in [0.25, 0.3) is 21.0 Å². The number of fused-ring (bicyclic) bond motifs is 1. The maximum absolute atomic E-state index is 13.1. The molecule has 11 nitrogen and oxygen atoms in total. The second-order valence-corrected chi connectivity index (χ2v) is 9.80. The van der Waals surface area contributed by atoms with Crippen LogP contribution in [-0.4, -0.2) is 75.1 Å². The normalized spacial score (nSPS) is 22.5. The Morgan fingerprint density at radius 3 is 2.65 bits per heavy atom. The summed E-state index contributed by atoms with van der Waals surface area (Å²) in [6, 6.07) is 7.57. The van der Waals surface area contributed by atoms with E-state index >= 15 is 0 Å². The number of ketones is 1. The Hall–Kier alpha value is -3.64. The van der Waals surface area contributed by atoms with Gasteiger partial charge in [-0.3, -0.25) is 24.2 Å². The van der Waals surface area contributed by atoms with Crippen LogP contribution in [0.1, 0.15) is 22.3 Å². The largest absolute Gasteiger partial charge is 0.508 e. The van der Waals surface area contributed by atoms with Gasteiger partial charge in [-0.1, -0.05) is 12.1 Å². The fourth-order valence-electron chi connectivity index (χ4n) is 4.59. The van der Waals surface area contributed by atoms with E-state index in [9.17, 15) is 32.7 Å². The van der Waals surface area contributed by atoms with Crippen molar-refractivity contribution in [2.45, 2.75) is 24.4 Å². The molecule has 2 aromatic rings. The van der Waals surface area contributed by atoms with E-state index in [4.69, 9.17) is 5.73 Å². The summed E-state index contributed by atoms with van der Waals surface area (Å²) in [4.78, 5) is 56.2. The van der Waals surface area contributed by atoms with Gasteiger partial charge in [0, 0.05) is 18.9 Å². The number of carbonyl (C=O) groups is 4. The Kier molecular flexibility index (Phi) is 5.96. The number of aromatic nitrogens is 1. The molecule has 0 spiro atoms. The molecule has 3 N–H and O–H groups in total. The fraction of sp³-hybridized carbons (Fsp3) is 0.273. The number of phenols is 1. The molecule has 2 atom stereocenters. The molecule has 1 aromatic carbocycles. The van der Waals surface area contributed by atoms with Crippen LogP contribution in [-0.2, 0) is 30.8 Å². The van der Waals surface area contributed by atoms with Gasteiger partial charge >= 0.3 is 0 Å². The highest BCUT2D eigenvalue weighted by molar-refractivity contribution is 8.04. The van der Waals surface area contributed by atoms with E-state index in [1.165, 1.54) is 36.9 Å². The standard InChI is InChI=1S/C22H21N4O7S/c23-21(31)22-17(8-10-25(22)19(29)7-6-14-3-1-5-16(27)11-14)26(13-18(22)28)34(32,33)20(30)15-4-2-9-24-12-15/h1-5,7,9,11-12,17,27H,6,8,10,13H2,(H2,23,31). The first-order chi connectivity index (χ1) is 16.1. The van der Waals surface area contributed by atoms with Gasteiger partial charge in [0.1, 0.15) is 5.75 Å². The third-order valence-corrected chi connectivity index (χ3v) is 7.82. The fourth-order valence-corrected chi connectivity index (χ4v) is 6.10. The highest BCUT2D eigenvalue weighted by Gasteiger charge is 2.68. The number of nitrogens with zero attached hydrogens (tertiary/aromatic N) is 3. The molecular formula is C22H21N4O7S. The lowest BCUT2D eigenvalue weighted by molar-refractivity contribution is -0.147. The molecule has 12 heteroatoms. The molecule has 34 heavy (non-hydrogen) atoms. The lowest BCUT2D eigenvalue weighted by Crippen LogP contribution is -2.64. The van der Waals surface area contributed by atoms with Crippen molar-refractivity contribution in [1.82, 2.24) is 14.2 Å². The van der Waals surface area contributed by atoms with Crippen LogP contribution in [0.5, 0.6) is 5.75 Å². The monoisotopic (exact) mass is 485 g/mol. The number of rotatable bonds is 6. The molecule has 2 unspecified atom stereocenters. The van der Waals surface area contributed by atoms with E-state index < -0.39 is 50.9 Å². The summed E-state index contributed by atoms with van der Waals surface area (Å²) in [6.07, 6.45) is 3.72. The molecule has 2 saturated heterocycles. The molecule has 2 amide bonds. The number of carbonyl (C=O) groups excluding carboxylic acids is 4. The molecule has 2 aliphatic rings. The summed E-state index contributed by atoms with van der Waals surface area (Å²) in [5, 5.41) is 8.32. The quantitative estimate of drug-likeness (QED) is 0.512. The number of pyridine rings is 1. The van der Waals surface area contributed by atoms with E-state index in [-0.39, 0.29) is 30.7 Å². The number of Topliss-reactive ketones (excluding diaryl/α,β-unsaturated/α-hetero) is 1. The number of aromatic hydroxyl groups is 1. The van der Waals surface area contributed by atoms with Crippen LogP contribution in [0.25, 0.3) is 0 Å². The molecule has 177 valence electrons. The molecular weight excluding hydrogens is 464 g/mol. The number of likely N-dealkylation sites (tertiary alicyclic amines) is 1. The minimum Gasteiger partial charge on any atom is -0.508 e. The molecule has 1 aromatic heterocycles. The minimum absolute atomic E-state index is 0.0123. The van der Waals surface area contributed by atoms with Crippen LogP contribution in [0.4, 0.5) is 0 Å². The third-order valence-electron chi connectivity index (χ3n) is 6.11. The molecule has 2 fully saturated rings. The predicted molar refractivity (Wildman–Crippen MR) is 117 cm³/mol. The number of hydrogen-bond donors (Lipinski definition) is 2. The molecule has 2 aliphatic heterocycles. The molecule has 0 saturated carbocycles. The maximum atomic E-state index is 13.1. The molecule has 0 aliphatic carbocycles. The minimum atomic E-state index is -4.71. The van der Waals surface area contributed by atoms with Crippen molar-refractivity contribution in [2.75, 3.05) is 13.1 Å². The summed E-state index contributed by atoms with van der Waals surface area (Å²) >= 11 is 0. The SMILES string of the molecule is NC(=O)C12C(=O)CN(S(=O)(=O)C(=O)c3cccnc3)C1CCN2C(=O)[CH]Cc1cccc(O)c1. The first kappa shape index (κ1) is 23.5. The average Bonchev–Trinajstić information content (AvgIpc) is 3.35. The molecule has 3 heterocycles. The zero-order chi connectivity index (χ0) is 24.7. The van der Waals surface area contributed by atoms with Gasteiger partial charge in [0.2, 0.25) is 5.91 Å². The Bertz CT molecular complexity index is 1280. The smallest absolute Gasteiger partial charge is 0.293 e. The summed E-state index contributed by atoms with van der Waals surface area (Å²) < 4.78 is 26.9. The van der Waals surface area contributed by atoms with Crippen molar-refractivity contribution in [3.63, 3.8) is 0 Å². The van der Waals surface area contributed by atoms with Crippen molar-refractivity contribution in [3.05, 3.63) is 66.3 Å². The first-order valence-corrected chi connectivity index (χ1v) is 11.8. The van der Waals surface area contributed by atoms with Gasteiger partial charge < -0.3 is 15.7 Å². The second kappa shape index (κ2) is 8.61. The van der Waals surface area contributed by atoms with E-state index in [1.54, 1.807) is 12.1 Å². The zero-order valence-electron chi connectivity index (χ0n) is 17.8. The van der Waals surface area contributed by atoms with Crippen LogP contribution in [0.15, 0.2) is 48.8 Å². The van der Waals surface area contributed by atoms with Gasteiger partial charge in [-0.05, 0) is 42.7 Å². The molecule has 0 bridgehead atoms. The predicted octanol–water partition coefficient (Wildman–Crippen LogP) is -0.586.